The van der Waals surface area contributed by atoms with Crippen molar-refractivity contribution in [1.82, 2.24) is 10.2 Å². The Hall–Kier alpha value is -3.80. The zero-order chi connectivity index (χ0) is 24.5. The highest BCUT2D eigenvalue weighted by Crippen LogP contribution is 2.48. The molecule has 2 amide bonds. The van der Waals surface area contributed by atoms with Crippen LogP contribution >= 0.6 is 0 Å². The van der Waals surface area contributed by atoms with Gasteiger partial charge in [-0.25, -0.2) is 0 Å². The first kappa shape index (κ1) is 23.0. The number of hydrogen-bond acceptors (Lipinski definition) is 4. The summed E-state index contributed by atoms with van der Waals surface area (Å²) in [6.45, 7) is 3.14. The summed E-state index contributed by atoms with van der Waals surface area (Å²) in [7, 11) is 3.21. The lowest BCUT2D eigenvalue weighted by Crippen LogP contribution is -2.50. The van der Waals surface area contributed by atoms with Crippen LogP contribution in [0, 0.1) is 6.92 Å². The predicted octanol–water partition coefficient (Wildman–Crippen LogP) is 4.21. The maximum absolute atomic E-state index is 13.8. The van der Waals surface area contributed by atoms with Crippen LogP contribution in [0.1, 0.15) is 50.1 Å². The molecule has 0 aliphatic carbocycles. The molecule has 0 saturated heterocycles. The van der Waals surface area contributed by atoms with Crippen LogP contribution in [0.2, 0.25) is 0 Å². The molecule has 2 aliphatic rings. The molecule has 1 N–H and O–H groups in total. The molecule has 180 valence electrons. The molecule has 3 aromatic carbocycles. The fourth-order valence-electron chi connectivity index (χ4n) is 5.44. The number of fused-ring (bicyclic) bond motifs is 4. The number of benzene rings is 3. The third-order valence-corrected chi connectivity index (χ3v) is 7.10. The standard InChI is InChI=1S/C29H30N2O4/c1-18-7-6-8-19(15-18)11-13-30-28(32)26-21-9-4-5-10-22(21)29(33)31-14-12-20-16-24(34-2)25(35-3)17-23(20)27(26)31/h4-10,15-17,26-27H,11-14H2,1-3H3,(H,30,32). The third-order valence-electron chi connectivity index (χ3n) is 7.10. The Balaban J connectivity index is 1.51. The number of aryl methyl sites for hydroxylation is 1. The molecule has 2 heterocycles. The second kappa shape index (κ2) is 9.45. The first-order valence-corrected chi connectivity index (χ1v) is 12.0. The highest BCUT2D eigenvalue weighted by atomic mass is 16.5. The molecule has 6 heteroatoms. The minimum atomic E-state index is -0.515. The summed E-state index contributed by atoms with van der Waals surface area (Å²) >= 11 is 0. The fraction of sp³-hybridized carbons (Fsp3) is 0.310. The van der Waals surface area contributed by atoms with Crippen molar-refractivity contribution in [2.45, 2.75) is 31.7 Å². The molecule has 0 aromatic heterocycles. The number of amides is 2. The number of ether oxygens (including phenoxy) is 2. The molecule has 6 nitrogen and oxygen atoms in total. The van der Waals surface area contributed by atoms with Crippen LogP contribution in [0.4, 0.5) is 0 Å². The summed E-state index contributed by atoms with van der Waals surface area (Å²) in [5.74, 6) is 0.628. The van der Waals surface area contributed by atoms with Gasteiger partial charge in [0.15, 0.2) is 11.5 Å². The maximum atomic E-state index is 13.8. The monoisotopic (exact) mass is 470 g/mol. The van der Waals surface area contributed by atoms with Gasteiger partial charge in [0, 0.05) is 18.7 Å². The van der Waals surface area contributed by atoms with E-state index in [1.807, 2.05) is 47.4 Å². The van der Waals surface area contributed by atoms with E-state index in [1.54, 1.807) is 14.2 Å². The van der Waals surface area contributed by atoms with Gasteiger partial charge in [-0.1, -0.05) is 48.0 Å². The summed E-state index contributed by atoms with van der Waals surface area (Å²) < 4.78 is 11.1. The molecule has 35 heavy (non-hydrogen) atoms. The van der Waals surface area contributed by atoms with Gasteiger partial charge in [0.05, 0.1) is 26.2 Å². The van der Waals surface area contributed by atoms with Crippen LogP contribution in [0.3, 0.4) is 0 Å². The molecule has 3 aromatic rings. The van der Waals surface area contributed by atoms with Gasteiger partial charge in [-0.2, -0.15) is 0 Å². The Morgan fingerprint density at radius 1 is 1.00 bits per heavy atom. The first-order valence-electron chi connectivity index (χ1n) is 12.0. The minimum absolute atomic E-state index is 0.0326. The van der Waals surface area contributed by atoms with Crippen molar-refractivity contribution in [3.63, 3.8) is 0 Å². The Labute approximate surface area is 205 Å². The van der Waals surface area contributed by atoms with Crippen molar-refractivity contribution in [3.8, 4) is 11.5 Å². The van der Waals surface area contributed by atoms with Crippen molar-refractivity contribution >= 4 is 11.8 Å². The zero-order valence-electron chi connectivity index (χ0n) is 20.3. The van der Waals surface area contributed by atoms with Crippen LogP contribution in [0.15, 0.2) is 60.7 Å². The lowest BCUT2D eigenvalue weighted by Gasteiger charge is -2.45. The summed E-state index contributed by atoms with van der Waals surface area (Å²) in [5.41, 5.74) is 5.78. The lowest BCUT2D eigenvalue weighted by molar-refractivity contribution is -0.124. The van der Waals surface area contributed by atoms with Crippen molar-refractivity contribution in [3.05, 3.63) is 94.0 Å². The predicted molar refractivity (Wildman–Crippen MR) is 134 cm³/mol. The quantitative estimate of drug-likeness (QED) is 0.586. The molecule has 5 rings (SSSR count). The van der Waals surface area contributed by atoms with E-state index >= 15 is 0 Å². The van der Waals surface area contributed by atoms with E-state index in [-0.39, 0.29) is 11.8 Å². The molecule has 0 fully saturated rings. The molecule has 0 bridgehead atoms. The highest BCUT2D eigenvalue weighted by molar-refractivity contribution is 6.01. The maximum Gasteiger partial charge on any atom is 0.254 e. The van der Waals surface area contributed by atoms with E-state index in [0.717, 1.165) is 23.1 Å². The molecule has 0 radical (unpaired) electrons. The van der Waals surface area contributed by atoms with Crippen molar-refractivity contribution in [2.24, 2.45) is 0 Å². The van der Waals surface area contributed by atoms with Gasteiger partial charge < -0.3 is 19.7 Å². The Morgan fingerprint density at radius 3 is 2.54 bits per heavy atom. The summed E-state index contributed by atoms with van der Waals surface area (Å²) in [4.78, 5) is 29.1. The van der Waals surface area contributed by atoms with Gasteiger partial charge in [-0.15, -0.1) is 0 Å². The smallest absolute Gasteiger partial charge is 0.254 e. The summed E-state index contributed by atoms with van der Waals surface area (Å²) in [5, 5.41) is 3.16. The molecular weight excluding hydrogens is 440 g/mol. The van der Waals surface area contributed by atoms with E-state index in [2.05, 4.69) is 30.4 Å². The lowest BCUT2D eigenvalue weighted by atomic mass is 9.75. The molecule has 2 unspecified atom stereocenters. The number of methoxy groups -OCH3 is 2. The van der Waals surface area contributed by atoms with Crippen molar-refractivity contribution in [2.75, 3.05) is 27.3 Å². The van der Waals surface area contributed by atoms with Gasteiger partial charge in [0.25, 0.3) is 5.91 Å². The largest absolute Gasteiger partial charge is 0.493 e. The van der Waals surface area contributed by atoms with Gasteiger partial charge in [0.2, 0.25) is 5.91 Å². The van der Waals surface area contributed by atoms with Crippen LogP contribution in [-0.2, 0) is 17.6 Å². The zero-order valence-corrected chi connectivity index (χ0v) is 20.3. The molecule has 0 saturated carbocycles. The van der Waals surface area contributed by atoms with Crippen LogP contribution in [0.25, 0.3) is 0 Å². The van der Waals surface area contributed by atoms with Gasteiger partial charge in [0.1, 0.15) is 0 Å². The average molecular weight is 471 g/mol. The number of rotatable bonds is 6. The Bertz CT molecular complexity index is 1290. The summed E-state index contributed by atoms with van der Waals surface area (Å²) in [6.07, 6.45) is 1.44. The SMILES string of the molecule is COc1cc2c(cc1OC)C1C(C(=O)NCCc3cccc(C)c3)c3ccccc3C(=O)N1CC2. The van der Waals surface area contributed by atoms with E-state index < -0.39 is 12.0 Å². The highest BCUT2D eigenvalue weighted by Gasteiger charge is 2.46. The van der Waals surface area contributed by atoms with E-state index in [9.17, 15) is 9.59 Å². The second-order valence-electron chi connectivity index (χ2n) is 9.19. The van der Waals surface area contributed by atoms with E-state index in [0.29, 0.717) is 36.6 Å². The number of carbonyl (C=O) groups excluding carboxylic acids is 2. The van der Waals surface area contributed by atoms with Crippen LogP contribution in [0.5, 0.6) is 11.5 Å². The van der Waals surface area contributed by atoms with E-state index in [1.165, 1.54) is 11.1 Å². The topological polar surface area (TPSA) is 67.9 Å². The number of carbonyl (C=O) groups is 2. The van der Waals surface area contributed by atoms with Gasteiger partial charge in [-0.3, -0.25) is 9.59 Å². The fourth-order valence-corrected chi connectivity index (χ4v) is 5.44. The summed E-state index contributed by atoms with van der Waals surface area (Å²) in [6, 6.07) is 19.3. The van der Waals surface area contributed by atoms with Gasteiger partial charge in [-0.05, 0) is 60.2 Å². The van der Waals surface area contributed by atoms with Crippen molar-refractivity contribution < 1.29 is 19.1 Å². The second-order valence-corrected chi connectivity index (χ2v) is 9.19. The van der Waals surface area contributed by atoms with Gasteiger partial charge >= 0.3 is 0 Å². The normalized spacial score (nSPS) is 18.3. The number of hydrogen-bond donors (Lipinski definition) is 1. The van der Waals surface area contributed by atoms with Crippen LogP contribution < -0.4 is 14.8 Å². The first-order chi connectivity index (χ1) is 17.0. The number of nitrogens with zero attached hydrogens (tertiary/aromatic N) is 1. The van der Waals surface area contributed by atoms with E-state index in [4.69, 9.17) is 9.47 Å². The molecule has 2 atom stereocenters. The number of nitrogens with one attached hydrogen (secondary N) is 1. The minimum Gasteiger partial charge on any atom is -0.493 e. The van der Waals surface area contributed by atoms with Crippen LogP contribution in [-0.4, -0.2) is 44.0 Å². The molecule has 0 spiro atoms. The molecule has 2 aliphatic heterocycles. The Kier molecular flexibility index (Phi) is 6.20. The van der Waals surface area contributed by atoms with Crippen molar-refractivity contribution in [1.29, 1.82) is 0 Å². The average Bonchev–Trinajstić information content (AvgIpc) is 2.88. The third kappa shape index (κ3) is 4.14. The molecular formula is C29H30N2O4. The Morgan fingerprint density at radius 2 is 1.77 bits per heavy atom.